The van der Waals surface area contributed by atoms with Gasteiger partial charge in [0.25, 0.3) is 0 Å². The highest BCUT2D eigenvalue weighted by Crippen LogP contribution is 2.22. The van der Waals surface area contributed by atoms with Gasteiger partial charge in [-0.05, 0) is 50.4 Å². The Morgan fingerprint density at radius 3 is 2.21 bits per heavy atom. The first-order chi connectivity index (χ1) is 6.69. The van der Waals surface area contributed by atoms with Gasteiger partial charge in [-0.2, -0.15) is 0 Å². The highest BCUT2D eigenvalue weighted by atomic mass is 14.9. The summed E-state index contributed by atoms with van der Waals surface area (Å²) in [6.07, 6.45) is 0.966. The molecule has 78 valence electrons. The number of hydrogen-bond donors (Lipinski definition) is 2. The lowest BCUT2D eigenvalue weighted by Gasteiger charge is -2.13. The average Bonchev–Trinajstić information content (AvgIpc) is 2.12. The van der Waals surface area contributed by atoms with Crippen LogP contribution in [0.1, 0.15) is 23.6 Å². The number of anilines is 1. The third kappa shape index (κ3) is 2.48. The lowest BCUT2D eigenvalue weighted by molar-refractivity contribution is 0.964. The Morgan fingerprint density at radius 2 is 1.79 bits per heavy atom. The maximum atomic E-state index is 5.54. The maximum absolute atomic E-state index is 5.54. The molecule has 0 radical (unpaired) electrons. The van der Waals surface area contributed by atoms with Crippen molar-refractivity contribution in [3.05, 3.63) is 28.8 Å². The number of nitrogens with one attached hydrogen (secondary N) is 1. The Kier molecular flexibility index (Phi) is 3.96. The molecular weight excluding hydrogens is 172 g/mol. The van der Waals surface area contributed by atoms with Gasteiger partial charge in [0, 0.05) is 12.2 Å². The fourth-order valence-corrected chi connectivity index (χ4v) is 1.82. The molecule has 2 nitrogen and oxygen atoms in total. The van der Waals surface area contributed by atoms with Crippen molar-refractivity contribution in [3.63, 3.8) is 0 Å². The number of aryl methyl sites for hydroxylation is 2. The second kappa shape index (κ2) is 5.01. The van der Waals surface area contributed by atoms with E-state index in [1.165, 1.54) is 22.4 Å². The lowest BCUT2D eigenvalue weighted by Crippen LogP contribution is -2.06. The molecule has 0 heterocycles. The molecule has 0 aliphatic carbocycles. The largest absolute Gasteiger partial charge is 0.385 e. The van der Waals surface area contributed by atoms with Crippen molar-refractivity contribution in [2.45, 2.75) is 27.2 Å². The Hall–Kier alpha value is -1.02. The van der Waals surface area contributed by atoms with E-state index in [0.717, 1.165) is 19.5 Å². The first-order valence-electron chi connectivity index (χ1n) is 5.23. The van der Waals surface area contributed by atoms with E-state index in [4.69, 9.17) is 5.73 Å². The summed E-state index contributed by atoms with van der Waals surface area (Å²) >= 11 is 0. The predicted molar refractivity (Wildman–Crippen MR) is 62.8 cm³/mol. The molecule has 0 fully saturated rings. The van der Waals surface area contributed by atoms with Gasteiger partial charge in [-0.25, -0.2) is 0 Å². The Bertz CT molecular complexity index is 282. The molecule has 1 aromatic rings. The Balaban J connectivity index is 2.98. The van der Waals surface area contributed by atoms with Gasteiger partial charge in [0.05, 0.1) is 0 Å². The topological polar surface area (TPSA) is 38.0 Å². The van der Waals surface area contributed by atoms with E-state index >= 15 is 0 Å². The van der Waals surface area contributed by atoms with Crippen LogP contribution in [0.5, 0.6) is 0 Å². The van der Waals surface area contributed by atoms with Crippen molar-refractivity contribution in [1.82, 2.24) is 0 Å². The molecule has 1 aromatic carbocycles. The normalized spacial score (nSPS) is 10.3. The second-order valence-electron chi connectivity index (χ2n) is 3.67. The molecule has 1 rings (SSSR count). The summed E-state index contributed by atoms with van der Waals surface area (Å²) in [7, 11) is 0. The van der Waals surface area contributed by atoms with Crippen molar-refractivity contribution >= 4 is 5.69 Å². The Morgan fingerprint density at radius 1 is 1.21 bits per heavy atom. The number of benzene rings is 1. The molecule has 0 bridgehead atoms. The molecule has 0 atom stereocenters. The van der Waals surface area contributed by atoms with E-state index in [9.17, 15) is 0 Å². The molecule has 2 heteroatoms. The third-order valence-corrected chi connectivity index (χ3v) is 2.38. The van der Waals surface area contributed by atoms with Crippen LogP contribution in [0.15, 0.2) is 12.1 Å². The van der Waals surface area contributed by atoms with Crippen molar-refractivity contribution in [2.24, 2.45) is 5.73 Å². The van der Waals surface area contributed by atoms with E-state index in [1.54, 1.807) is 0 Å². The first kappa shape index (κ1) is 11.1. The molecule has 0 unspecified atom stereocenters. The minimum absolute atomic E-state index is 0.722. The monoisotopic (exact) mass is 192 g/mol. The molecule has 0 saturated carbocycles. The van der Waals surface area contributed by atoms with Crippen LogP contribution in [-0.4, -0.2) is 13.1 Å². The van der Waals surface area contributed by atoms with Gasteiger partial charge in [-0.3, -0.25) is 0 Å². The number of hydrogen-bond acceptors (Lipinski definition) is 2. The summed E-state index contributed by atoms with van der Waals surface area (Å²) in [6, 6.07) is 4.44. The van der Waals surface area contributed by atoms with E-state index in [0.29, 0.717) is 0 Å². The van der Waals surface area contributed by atoms with Crippen LogP contribution in [-0.2, 0) is 6.42 Å². The van der Waals surface area contributed by atoms with Crippen LogP contribution in [0.4, 0.5) is 5.69 Å². The molecule has 0 aliphatic rings. The van der Waals surface area contributed by atoms with E-state index in [1.807, 2.05) is 0 Å². The van der Waals surface area contributed by atoms with Crippen LogP contribution in [0.3, 0.4) is 0 Å². The van der Waals surface area contributed by atoms with Crippen LogP contribution < -0.4 is 11.1 Å². The zero-order valence-corrected chi connectivity index (χ0v) is 9.35. The molecule has 3 N–H and O–H groups in total. The van der Waals surface area contributed by atoms with E-state index in [2.05, 4.69) is 38.2 Å². The van der Waals surface area contributed by atoms with Crippen LogP contribution in [0, 0.1) is 13.8 Å². The van der Waals surface area contributed by atoms with Crippen LogP contribution in [0.2, 0.25) is 0 Å². The van der Waals surface area contributed by atoms with Gasteiger partial charge < -0.3 is 11.1 Å². The molecule has 14 heavy (non-hydrogen) atoms. The van der Waals surface area contributed by atoms with Gasteiger partial charge in [0.1, 0.15) is 0 Å². The van der Waals surface area contributed by atoms with Crippen LogP contribution >= 0.6 is 0 Å². The van der Waals surface area contributed by atoms with Gasteiger partial charge in [0.15, 0.2) is 0 Å². The average molecular weight is 192 g/mol. The number of nitrogens with two attached hydrogens (primary N) is 1. The van der Waals surface area contributed by atoms with Gasteiger partial charge in [-0.1, -0.05) is 12.1 Å². The molecule has 0 amide bonds. The minimum Gasteiger partial charge on any atom is -0.385 e. The van der Waals surface area contributed by atoms with Crippen molar-refractivity contribution in [1.29, 1.82) is 0 Å². The summed E-state index contributed by atoms with van der Waals surface area (Å²) in [5.74, 6) is 0. The fourth-order valence-electron chi connectivity index (χ4n) is 1.82. The first-order valence-corrected chi connectivity index (χ1v) is 5.23. The minimum atomic E-state index is 0.722. The Labute approximate surface area is 86.5 Å². The summed E-state index contributed by atoms with van der Waals surface area (Å²) < 4.78 is 0. The van der Waals surface area contributed by atoms with Crippen molar-refractivity contribution in [2.75, 3.05) is 18.4 Å². The summed E-state index contributed by atoms with van der Waals surface area (Å²) in [4.78, 5) is 0. The zero-order valence-electron chi connectivity index (χ0n) is 9.35. The smallest absolute Gasteiger partial charge is 0.0399 e. The lowest BCUT2D eigenvalue weighted by atomic mass is 10.0. The molecule has 0 spiro atoms. The standard InChI is InChI=1S/C12H20N2/c1-4-14-12-9(2)7-11(5-6-13)8-10(12)3/h7-8,14H,4-6,13H2,1-3H3. The second-order valence-corrected chi connectivity index (χ2v) is 3.67. The van der Waals surface area contributed by atoms with Crippen molar-refractivity contribution < 1.29 is 0 Å². The quantitative estimate of drug-likeness (QED) is 0.767. The summed E-state index contributed by atoms with van der Waals surface area (Å²) in [5.41, 5.74) is 10.8. The SMILES string of the molecule is CCNc1c(C)cc(CCN)cc1C. The van der Waals surface area contributed by atoms with Gasteiger partial charge >= 0.3 is 0 Å². The third-order valence-electron chi connectivity index (χ3n) is 2.38. The molecular formula is C12H20N2. The van der Waals surface area contributed by atoms with Crippen LogP contribution in [0.25, 0.3) is 0 Å². The molecule has 0 aliphatic heterocycles. The summed E-state index contributed by atoms with van der Waals surface area (Å²) in [6.45, 7) is 8.10. The fraction of sp³-hybridized carbons (Fsp3) is 0.500. The predicted octanol–water partition coefficient (Wildman–Crippen LogP) is 2.24. The molecule has 0 saturated heterocycles. The summed E-state index contributed by atoms with van der Waals surface area (Å²) in [5, 5.41) is 3.38. The van der Waals surface area contributed by atoms with E-state index < -0.39 is 0 Å². The van der Waals surface area contributed by atoms with E-state index in [-0.39, 0.29) is 0 Å². The number of rotatable bonds is 4. The highest BCUT2D eigenvalue weighted by molar-refractivity contribution is 5.58. The van der Waals surface area contributed by atoms with Gasteiger partial charge in [0.2, 0.25) is 0 Å². The van der Waals surface area contributed by atoms with Crippen molar-refractivity contribution in [3.8, 4) is 0 Å². The molecule has 0 aromatic heterocycles. The maximum Gasteiger partial charge on any atom is 0.0399 e. The van der Waals surface area contributed by atoms with Gasteiger partial charge in [-0.15, -0.1) is 0 Å². The highest BCUT2D eigenvalue weighted by Gasteiger charge is 2.03. The zero-order chi connectivity index (χ0) is 10.6.